The van der Waals surface area contributed by atoms with E-state index < -0.39 is 0 Å². The topological polar surface area (TPSA) is 110 Å². The van der Waals surface area contributed by atoms with Crippen molar-refractivity contribution in [3.05, 3.63) is 47.1 Å². The summed E-state index contributed by atoms with van der Waals surface area (Å²) in [4.78, 5) is 13.6. The van der Waals surface area contributed by atoms with Gasteiger partial charge in [-0.3, -0.25) is 14.3 Å². The molecule has 0 aliphatic rings. The molecule has 0 radical (unpaired) electrons. The molecule has 3 aromatic heterocycles. The third kappa shape index (κ3) is 2.87. The minimum Gasteiger partial charge on any atom is -0.293 e. The molecular formula is C13H16N8O. The van der Waals surface area contributed by atoms with Crippen molar-refractivity contribution < 1.29 is 0 Å². The second-order valence-corrected chi connectivity index (χ2v) is 4.88. The lowest BCUT2D eigenvalue weighted by atomic mass is 10.2. The second kappa shape index (κ2) is 5.80. The molecule has 0 amide bonds. The van der Waals surface area contributed by atoms with Crippen molar-refractivity contribution in [2.45, 2.75) is 26.4 Å². The van der Waals surface area contributed by atoms with Gasteiger partial charge in [0.05, 0.1) is 18.4 Å². The number of H-pyrrole nitrogens is 2. The molecular weight excluding hydrogens is 284 g/mol. The number of hydrogen-bond acceptors (Lipinski definition) is 5. The van der Waals surface area contributed by atoms with Gasteiger partial charge < -0.3 is 0 Å². The number of nitrogens with zero attached hydrogens (tertiary/aromatic N) is 6. The molecule has 22 heavy (non-hydrogen) atoms. The highest BCUT2D eigenvalue weighted by atomic mass is 16.1. The zero-order valence-corrected chi connectivity index (χ0v) is 12.2. The Morgan fingerprint density at radius 1 is 1.36 bits per heavy atom. The molecule has 3 rings (SSSR count). The Morgan fingerprint density at radius 3 is 2.95 bits per heavy atom. The monoisotopic (exact) mass is 300 g/mol. The summed E-state index contributed by atoms with van der Waals surface area (Å²) in [6.45, 7) is 6.86. The highest BCUT2D eigenvalue weighted by Crippen LogP contribution is 2.19. The Labute approximate surface area is 125 Å². The van der Waals surface area contributed by atoms with E-state index >= 15 is 0 Å². The number of hydrogen-bond donors (Lipinski definition) is 2. The number of aromatic nitrogens is 8. The van der Waals surface area contributed by atoms with Crippen LogP contribution in [0.5, 0.6) is 0 Å². The lowest BCUT2D eigenvalue weighted by molar-refractivity contribution is 0.578. The van der Waals surface area contributed by atoms with Gasteiger partial charge in [0.25, 0.3) is 0 Å². The summed E-state index contributed by atoms with van der Waals surface area (Å²) in [5.41, 5.74) is 2.30. The second-order valence-electron chi connectivity index (χ2n) is 4.88. The highest BCUT2D eigenvalue weighted by Gasteiger charge is 2.11. The standard InChI is InChI=1S/C13H16N8O/c1-3-5-20-7-10(9(2)18-20)11-8-21(19-15-11)6-4-12-14-13(22)17-16-12/h3,7-8H,1,4-6H2,2H3,(H2,14,16,17,22). The van der Waals surface area contributed by atoms with E-state index in [0.717, 1.165) is 17.0 Å². The molecule has 0 aromatic carbocycles. The van der Waals surface area contributed by atoms with Crippen molar-refractivity contribution in [3.8, 4) is 11.3 Å². The third-order valence-electron chi connectivity index (χ3n) is 3.21. The van der Waals surface area contributed by atoms with E-state index in [1.807, 2.05) is 24.0 Å². The summed E-state index contributed by atoms with van der Waals surface area (Å²) in [7, 11) is 0. The van der Waals surface area contributed by atoms with Gasteiger partial charge in [-0.05, 0) is 6.92 Å². The van der Waals surface area contributed by atoms with Crippen molar-refractivity contribution in [2.75, 3.05) is 0 Å². The minimum absolute atomic E-state index is 0.306. The molecule has 0 fully saturated rings. The van der Waals surface area contributed by atoms with Crippen LogP contribution in [0.25, 0.3) is 11.3 Å². The maximum Gasteiger partial charge on any atom is 0.340 e. The number of aromatic amines is 2. The SMILES string of the molecule is C=CCn1cc(-c2cn(CCc3n[nH]c(=O)[nH]3)nn2)c(C)n1. The first kappa shape index (κ1) is 14.0. The van der Waals surface area contributed by atoms with E-state index in [-0.39, 0.29) is 5.69 Å². The van der Waals surface area contributed by atoms with Crippen LogP contribution in [-0.2, 0) is 19.5 Å². The number of nitrogens with one attached hydrogen (secondary N) is 2. The number of allylic oxidation sites excluding steroid dienone is 1. The maximum atomic E-state index is 11.0. The molecule has 0 saturated heterocycles. The molecule has 9 heteroatoms. The molecule has 114 valence electrons. The Morgan fingerprint density at radius 2 is 2.23 bits per heavy atom. The average molecular weight is 300 g/mol. The van der Waals surface area contributed by atoms with Crippen LogP contribution in [0.2, 0.25) is 0 Å². The number of aryl methyl sites for hydroxylation is 3. The van der Waals surface area contributed by atoms with Crippen LogP contribution in [-0.4, -0.2) is 40.0 Å². The van der Waals surface area contributed by atoms with Gasteiger partial charge in [0, 0.05) is 24.7 Å². The molecule has 0 bridgehead atoms. The van der Waals surface area contributed by atoms with Crippen LogP contribution in [0, 0.1) is 6.92 Å². The van der Waals surface area contributed by atoms with Crippen molar-refractivity contribution >= 4 is 0 Å². The highest BCUT2D eigenvalue weighted by molar-refractivity contribution is 5.59. The Balaban J connectivity index is 1.73. The van der Waals surface area contributed by atoms with Gasteiger partial charge in [-0.15, -0.1) is 11.7 Å². The van der Waals surface area contributed by atoms with Crippen LogP contribution < -0.4 is 5.69 Å². The largest absolute Gasteiger partial charge is 0.340 e. The predicted molar refractivity (Wildman–Crippen MR) is 79.1 cm³/mol. The van der Waals surface area contributed by atoms with E-state index in [0.29, 0.717) is 25.3 Å². The van der Waals surface area contributed by atoms with E-state index in [4.69, 9.17) is 0 Å². The fourth-order valence-electron chi connectivity index (χ4n) is 2.17. The molecule has 0 atom stereocenters. The summed E-state index contributed by atoms with van der Waals surface area (Å²) in [6.07, 6.45) is 6.14. The average Bonchev–Trinajstić information content (AvgIpc) is 3.18. The summed E-state index contributed by atoms with van der Waals surface area (Å²) >= 11 is 0. The molecule has 3 aromatic rings. The van der Waals surface area contributed by atoms with Gasteiger partial charge in [0.1, 0.15) is 11.5 Å². The van der Waals surface area contributed by atoms with Gasteiger partial charge in [-0.1, -0.05) is 11.3 Å². The zero-order valence-electron chi connectivity index (χ0n) is 12.2. The molecule has 0 spiro atoms. The summed E-state index contributed by atoms with van der Waals surface area (Å²) in [5.74, 6) is 0.594. The van der Waals surface area contributed by atoms with Crippen molar-refractivity contribution in [1.82, 2.24) is 40.0 Å². The quantitative estimate of drug-likeness (QED) is 0.636. The zero-order chi connectivity index (χ0) is 15.5. The van der Waals surface area contributed by atoms with Gasteiger partial charge in [0.2, 0.25) is 0 Å². The Bertz CT molecular complexity index is 836. The summed E-state index contributed by atoms with van der Waals surface area (Å²) in [6, 6.07) is 0. The fourth-order valence-corrected chi connectivity index (χ4v) is 2.17. The first-order valence-corrected chi connectivity index (χ1v) is 6.84. The van der Waals surface area contributed by atoms with Crippen molar-refractivity contribution in [1.29, 1.82) is 0 Å². The molecule has 3 heterocycles. The van der Waals surface area contributed by atoms with Crippen LogP contribution in [0.4, 0.5) is 0 Å². The fraction of sp³-hybridized carbons (Fsp3) is 0.308. The van der Waals surface area contributed by atoms with Crippen LogP contribution in [0.1, 0.15) is 11.5 Å². The lowest BCUT2D eigenvalue weighted by Gasteiger charge is -1.96. The van der Waals surface area contributed by atoms with Gasteiger partial charge in [-0.2, -0.15) is 10.2 Å². The molecule has 9 nitrogen and oxygen atoms in total. The van der Waals surface area contributed by atoms with E-state index in [1.54, 1.807) is 10.8 Å². The van der Waals surface area contributed by atoms with E-state index in [2.05, 4.69) is 37.2 Å². The van der Waals surface area contributed by atoms with E-state index in [1.165, 1.54) is 0 Å². The van der Waals surface area contributed by atoms with Gasteiger partial charge in [-0.25, -0.2) is 9.89 Å². The Hall–Kier alpha value is -2.97. The van der Waals surface area contributed by atoms with Gasteiger partial charge in [0.15, 0.2) is 0 Å². The van der Waals surface area contributed by atoms with Crippen LogP contribution in [0.15, 0.2) is 29.8 Å². The first-order chi connectivity index (χ1) is 10.7. The maximum absolute atomic E-state index is 11.0. The van der Waals surface area contributed by atoms with Gasteiger partial charge >= 0.3 is 5.69 Å². The molecule has 0 aliphatic heterocycles. The molecule has 0 aliphatic carbocycles. The van der Waals surface area contributed by atoms with Crippen molar-refractivity contribution in [2.24, 2.45) is 0 Å². The van der Waals surface area contributed by atoms with Crippen LogP contribution in [0.3, 0.4) is 0 Å². The lowest BCUT2D eigenvalue weighted by Crippen LogP contribution is -2.05. The normalized spacial score (nSPS) is 11.0. The van der Waals surface area contributed by atoms with Crippen molar-refractivity contribution in [3.63, 3.8) is 0 Å². The van der Waals surface area contributed by atoms with Crippen LogP contribution >= 0.6 is 0 Å². The Kier molecular flexibility index (Phi) is 3.69. The molecule has 2 N–H and O–H groups in total. The molecule has 0 saturated carbocycles. The first-order valence-electron chi connectivity index (χ1n) is 6.84. The summed E-state index contributed by atoms with van der Waals surface area (Å²) in [5, 5.41) is 18.8. The smallest absolute Gasteiger partial charge is 0.293 e. The van der Waals surface area contributed by atoms with E-state index in [9.17, 15) is 4.79 Å². The predicted octanol–water partition coefficient (Wildman–Crippen LogP) is 0.290. The number of rotatable bonds is 6. The minimum atomic E-state index is -0.306. The molecule has 0 unspecified atom stereocenters. The third-order valence-corrected chi connectivity index (χ3v) is 3.21. The summed E-state index contributed by atoms with van der Waals surface area (Å²) < 4.78 is 3.53.